The second-order valence-corrected chi connectivity index (χ2v) is 10.8. The van der Waals surface area contributed by atoms with Gasteiger partial charge in [0.2, 0.25) is 0 Å². The first kappa shape index (κ1) is 22.7. The van der Waals surface area contributed by atoms with Gasteiger partial charge >= 0.3 is 0 Å². The molecular weight excluding hydrogens is 420 g/mol. The predicted molar refractivity (Wildman–Crippen MR) is 128 cm³/mol. The molecule has 0 aliphatic carbocycles. The number of rotatable bonds is 9. The first-order valence-electron chi connectivity index (χ1n) is 11.2. The summed E-state index contributed by atoms with van der Waals surface area (Å²) in [4.78, 5) is 6.43. The maximum absolute atomic E-state index is 12.5. The molecule has 1 saturated heterocycles. The minimum Gasteiger partial charge on any atom is -0.339 e. The highest BCUT2D eigenvalue weighted by atomic mass is 32.2. The summed E-state index contributed by atoms with van der Waals surface area (Å²) in [6, 6.07) is 17.5. The molecule has 2 aromatic carbocycles. The molecule has 0 N–H and O–H groups in total. The van der Waals surface area contributed by atoms with Crippen LogP contribution in [0.5, 0.6) is 0 Å². The second kappa shape index (κ2) is 9.57. The van der Waals surface area contributed by atoms with E-state index in [1.807, 2.05) is 0 Å². The maximum Gasteiger partial charge on any atom is 0.261 e. The molecule has 0 atom stereocenters. The minimum absolute atomic E-state index is 0.113. The van der Waals surface area contributed by atoms with Crippen molar-refractivity contribution in [3.05, 3.63) is 72.2 Å². The van der Waals surface area contributed by atoms with Gasteiger partial charge in [0.15, 0.2) is 5.03 Å². The molecular formula is C25H32N4O2S. The number of aromatic nitrogens is 2. The summed E-state index contributed by atoms with van der Waals surface area (Å²) in [5, 5.41) is 0.113. The summed E-state index contributed by atoms with van der Waals surface area (Å²) in [6.45, 7) is 5.82. The van der Waals surface area contributed by atoms with Crippen LogP contribution >= 0.6 is 0 Å². The number of hydrogen-bond donors (Lipinski definition) is 0. The van der Waals surface area contributed by atoms with Gasteiger partial charge < -0.3 is 9.47 Å². The zero-order valence-corrected chi connectivity index (χ0v) is 19.9. The van der Waals surface area contributed by atoms with E-state index in [9.17, 15) is 8.42 Å². The third kappa shape index (κ3) is 4.95. The molecule has 170 valence electrons. The fourth-order valence-corrected chi connectivity index (χ4v) is 5.44. The highest BCUT2D eigenvalue weighted by Gasteiger charge is 2.28. The van der Waals surface area contributed by atoms with Gasteiger partial charge in [-0.1, -0.05) is 48.5 Å². The van der Waals surface area contributed by atoms with Gasteiger partial charge in [-0.05, 0) is 48.6 Å². The van der Waals surface area contributed by atoms with Crippen LogP contribution in [-0.4, -0.2) is 60.4 Å². The molecule has 1 fully saturated rings. The quantitative estimate of drug-likeness (QED) is 0.462. The van der Waals surface area contributed by atoms with Gasteiger partial charge in [0, 0.05) is 45.8 Å². The third-order valence-electron chi connectivity index (χ3n) is 6.35. The van der Waals surface area contributed by atoms with Crippen molar-refractivity contribution in [2.24, 2.45) is 7.05 Å². The number of aryl methyl sites for hydroxylation is 2. The lowest BCUT2D eigenvalue weighted by atomic mass is 9.89. The van der Waals surface area contributed by atoms with Crippen molar-refractivity contribution in [2.75, 3.05) is 33.2 Å². The lowest BCUT2D eigenvalue weighted by molar-refractivity contribution is 0.145. The Kier molecular flexibility index (Phi) is 6.79. The van der Waals surface area contributed by atoms with Crippen LogP contribution in [0.1, 0.15) is 29.9 Å². The number of likely N-dealkylation sites (tertiary alicyclic amines) is 1. The SMILES string of the molecule is Cc1ccccc1-c1ccc(C2CN(CCCCN(C)S(=O)(=O)c3cn(C)cn3)C2)cc1. The molecule has 3 aromatic rings. The minimum atomic E-state index is -3.49. The first-order valence-corrected chi connectivity index (χ1v) is 12.6. The van der Waals surface area contributed by atoms with E-state index < -0.39 is 10.0 Å². The van der Waals surface area contributed by atoms with Crippen molar-refractivity contribution in [2.45, 2.75) is 30.7 Å². The van der Waals surface area contributed by atoms with Crippen LogP contribution in [0.4, 0.5) is 0 Å². The Bertz CT molecular complexity index is 1150. The molecule has 0 amide bonds. The summed E-state index contributed by atoms with van der Waals surface area (Å²) in [5.74, 6) is 0.591. The molecule has 0 bridgehead atoms. The van der Waals surface area contributed by atoms with E-state index in [0.29, 0.717) is 12.5 Å². The van der Waals surface area contributed by atoms with Crippen molar-refractivity contribution < 1.29 is 8.42 Å². The molecule has 0 spiro atoms. The normalized spacial score (nSPS) is 15.2. The summed E-state index contributed by atoms with van der Waals surface area (Å²) in [5.41, 5.74) is 5.27. The molecule has 1 aliphatic heterocycles. The maximum atomic E-state index is 12.5. The van der Waals surface area contributed by atoms with E-state index in [1.165, 1.54) is 32.9 Å². The smallest absolute Gasteiger partial charge is 0.261 e. The number of imidazole rings is 1. The van der Waals surface area contributed by atoms with Crippen molar-refractivity contribution in [1.82, 2.24) is 18.8 Å². The highest BCUT2D eigenvalue weighted by Crippen LogP contribution is 2.30. The standard InChI is InChI=1S/C25H32N4O2S/c1-20-8-4-5-9-24(20)22-12-10-21(11-13-22)23-16-29(17-23)15-7-6-14-28(3)32(30,31)25-18-27(2)19-26-25/h4-5,8-13,18-19,23H,6-7,14-17H2,1-3H3. The molecule has 32 heavy (non-hydrogen) atoms. The van der Waals surface area contributed by atoms with Crippen LogP contribution in [0.2, 0.25) is 0 Å². The molecule has 1 aliphatic rings. The van der Waals surface area contributed by atoms with Crippen molar-refractivity contribution in [3.8, 4) is 11.1 Å². The third-order valence-corrected chi connectivity index (χ3v) is 8.09. The van der Waals surface area contributed by atoms with Crippen LogP contribution in [0.15, 0.2) is 66.1 Å². The number of benzene rings is 2. The van der Waals surface area contributed by atoms with Crippen LogP contribution in [0.25, 0.3) is 11.1 Å². The van der Waals surface area contributed by atoms with E-state index in [0.717, 1.165) is 32.5 Å². The van der Waals surface area contributed by atoms with Gasteiger partial charge in [-0.25, -0.2) is 13.4 Å². The van der Waals surface area contributed by atoms with Crippen LogP contribution < -0.4 is 0 Å². The lowest BCUT2D eigenvalue weighted by Gasteiger charge is -2.39. The van der Waals surface area contributed by atoms with E-state index in [4.69, 9.17) is 0 Å². The monoisotopic (exact) mass is 452 g/mol. The molecule has 6 nitrogen and oxygen atoms in total. The number of hydrogen-bond acceptors (Lipinski definition) is 4. The van der Waals surface area contributed by atoms with E-state index in [2.05, 4.69) is 65.3 Å². The van der Waals surface area contributed by atoms with Crippen LogP contribution in [0, 0.1) is 6.92 Å². The average Bonchev–Trinajstić information content (AvgIpc) is 3.20. The van der Waals surface area contributed by atoms with Crippen molar-refractivity contribution >= 4 is 10.0 Å². The fraction of sp³-hybridized carbons (Fsp3) is 0.400. The van der Waals surface area contributed by atoms with Gasteiger partial charge in [0.25, 0.3) is 10.0 Å². The van der Waals surface area contributed by atoms with Crippen molar-refractivity contribution in [1.29, 1.82) is 0 Å². The second-order valence-electron chi connectivity index (χ2n) is 8.80. The molecule has 0 saturated carbocycles. The summed E-state index contributed by atoms with van der Waals surface area (Å²) < 4.78 is 28.1. The van der Waals surface area contributed by atoms with Crippen molar-refractivity contribution in [3.63, 3.8) is 0 Å². The Morgan fingerprint density at radius 2 is 1.78 bits per heavy atom. The number of nitrogens with zero attached hydrogens (tertiary/aromatic N) is 4. The molecule has 0 radical (unpaired) electrons. The molecule has 1 aromatic heterocycles. The summed E-state index contributed by atoms with van der Waals surface area (Å²) in [7, 11) is -0.0959. The van der Waals surface area contributed by atoms with Gasteiger partial charge in [-0.3, -0.25) is 0 Å². The van der Waals surface area contributed by atoms with E-state index in [1.54, 1.807) is 24.9 Å². The first-order chi connectivity index (χ1) is 15.3. The van der Waals surface area contributed by atoms with E-state index in [-0.39, 0.29) is 5.03 Å². The molecule has 7 heteroatoms. The Morgan fingerprint density at radius 1 is 1.06 bits per heavy atom. The molecule has 2 heterocycles. The zero-order chi connectivity index (χ0) is 22.7. The van der Waals surface area contributed by atoms with Crippen LogP contribution in [0.3, 0.4) is 0 Å². The van der Waals surface area contributed by atoms with Crippen LogP contribution in [-0.2, 0) is 17.1 Å². The summed E-state index contributed by atoms with van der Waals surface area (Å²) in [6.07, 6.45) is 4.88. The Hall–Kier alpha value is -2.48. The molecule has 0 unspecified atom stereocenters. The number of unbranched alkanes of at least 4 members (excludes halogenated alkanes) is 1. The topological polar surface area (TPSA) is 58.4 Å². The number of sulfonamides is 1. The largest absolute Gasteiger partial charge is 0.339 e. The average molecular weight is 453 g/mol. The lowest BCUT2D eigenvalue weighted by Crippen LogP contribution is -2.45. The summed E-state index contributed by atoms with van der Waals surface area (Å²) >= 11 is 0. The molecule has 4 rings (SSSR count). The van der Waals surface area contributed by atoms with Gasteiger partial charge in [-0.2, -0.15) is 4.31 Å². The predicted octanol–water partition coefficient (Wildman–Crippen LogP) is 3.90. The van der Waals surface area contributed by atoms with Gasteiger partial charge in [0.05, 0.1) is 6.33 Å². The van der Waals surface area contributed by atoms with Gasteiger partial charge in [-0.15, -0.1) is 0 Å². The fourth-order valence-electron chi connectivity index (χ4n) is 4.27. The Labute approximate surface area is 191 Å². The Morgan fingerprint density at radius 3 is 2.44 bits per heavy atom. The van der Waals surface area contributed by atoms with E-state index >= 15 is 0 Å². The Balaban J connectivity index is 1.19. The van der Waals surface area contributed by atoms with Gasteiger partial charge in [0.1, 0.15) is 0 Å². The zero-order valence-electron chi connectivity index (χ0n) is 19.1. The highest BCUT2D eigenvalue weighted by molar-refractivity contribution is 7.89.